The Morgan fingerprint density at radius 3 is 2.96 bits per heavy atom. The van der Waals surface area contributed by atoms with E-state index in [0.717, 1.165) is 13.0 Å². The Morgan fingerprint density at radius 2 is 2.21 bits per heavy atom. The highest BCUT2D eigenvalue weighted by Crippen LogP contribution is 2.48. The summed E-state index contributed by atoms with van der Waals surface area (Å²) in [5.41, 5.74) is 1.86. The van der Waals surface area contributed by atoms with E-state index in [4.69, 9.17) is 11.6 Å². The maximum atomic E-state index is 13.1. The highest BCUT2D eigenvalue weighted by molar-refractivity contribution is 7.10. The second-order valence-electron chi connectivity index (χ2n) is 6.47. The summed E-state index contributed by atoms with van der Waals surface area (Å²) in [6, 6.07) is 6.58. The van der Waals surface area contributed by atoms with E-state index in [2.05, 4.69) is 21.7 Å². The van der Waals surface area contributed by atoms with Crippen LogP contribution in [-0.2, 0) is 11.2 Å². The van der Waals surface area contributed by atoms with Gasteiger partial charge in [-0.05, 0) is 60.4 Å². The van der Waals surface area contributed by atoms with E-state index in [1.807, 2.05) is 11.3 Å². The number of fused-ring (bicyclic) bond motifs is 1. The molecule has 1 fully saturated rings. The summed E-state index contributed by atoms with van der Waals surface area (Å²) >= 11 is 7.81. The van der Waals surface area contributed by atoms with E-state index in [0.29, 0.717) is 24.2 Å². The maximum absolute atomic E-state index is 13.1. The van der Waals surface area contributed by atoms with Crippen molar-refractivity contribution in [1.82, 2.24) is 4.90 Å². The number of benzene rings is 1. The molecule has 126 valence electrons. The quantitative estimate of drug-likeness (QED) is 0.867. The molecule has 2 aliphatic rings. The van der Waals surface area contributed by atoms with Crippen LogP contribution in [0.1, 0.15) is 29.3 Å². The molecule has 1 aliphatic carbocycles. The number of carbonyl (C=O) groups excluding carboxylic acids is 1. The number of anilines is 1. The zero-order valence-electron chi connectivity index (χ0n) is 13.1. The lowest BCUT2D eigenvalue weighted by atomic mass is 9.96. The Bertz CT molecular complexity index is 774. The number of hydrogen-bond donors (Lipinski definition) is 1. The Hall–Kier alpha value is -1.43. The first-order valence-corrected chi connectivity index (χ1v) is 9.43. The molecule has 4 rings (SSSR count). The topological polar surface area (TPSA) is 32.3 Å². The van der Waals surface area contributed by atoms with Crippen molar-refractivity contribution in [1.29, 1.82) is 0 Å². The number of nitrogens with one attached hydrogen (secondary N) is 1. The standard InChI is InChI=1S/C18H18ClFN2OS/c19-14-9-12(20)3-4-15(14)21-17(23)10-22-7-5-16-13(6-8-24-16)18(22)11-1-2-11/h3-4,6,8-9,11,18H,1-2,5,7,10H2,(H,21,23)/t18-/m1/s1. The molecule has 0 radical (unpaired) electrons. The first-order chi connectivity index (χ1) is 11.6. The second kappa shape index (κ2) is 6.47. The zero-order chi connectivity index (χ0) is 16.7. The van der Waals surface area contributed by atoms with Crippen molar-refractivity contribution in [2.24, 2.45) is 5.92 Å². The van der Waals surface area contributed by atoms with Crippen LogP contribution in [0.2, 0.25) is 5.02 Å². The fourth-order valence-electron chi connectivity index (χ4n) is 3.50. The van der Waals surface area contributed by atoms with Crippen LogP contribution in [0.15, 0.2) is 29.6 Å². The monoisotopic (exact) mass is 364 g/mol. The lowest BCUT2D eigenvalue weighted by molar-refractivity contribution is -0.118. The van der Waals surface area contributed by atoms with Crippen LogP contribution in [0.25, 0.3) is 0 Å². The smallest absolute Gasteiger partial charge is 0.238 e. The third-order valence-corrected chi connectivity index (χ3v) is 6.05. The number of thiophene rings is 1. The molecule has 1 amide bonds. The van der Waals surface area contributed by atoms with Gasteiger partial charge in [0.15, 0.2) is 0 Å². The van der Waals surface area contributed by atoms with Crippen molar-refractivity contribution < 1.29 is 9.18 Å². The Balaban J connectivity index is 1.47. The number of amides is 1. The zero-order valence-corrected chi connectivity index (χ0v) is 14.7. The third kappa shape index (κ3) is 3.21. The molecule has 2 aromatic rings. The van der Waals surface area contributed by atoms with E-state index in [1.165, 1.54) is 41.5 Å². The first kappa shape index (κ1) is 16.1. The molecule has 0 bridgehead atoms. The molecule has 24 heavy (non-hydrogen) atoms. The largest absolute Gasteiger partial charge is 0.324 e. The van der Waals surface area contributed by atoms with Gasteiger partial charge in [0.2, 0.25) is 5.91 Å². The van der Waals surface area contributed by atoms with Gasteiger partial charge in [0.05, 0.1) is 17.3 Å². The van der Waals surface area contributed by atoms with Crippen LogP contribution in [0.4, 0.5) is 10.1 Å². The summed E-state index contributed by atoms with van der Waals surface area (Å²) in [5.74, 6) is 0.154. The van der Waals surface area contributed by atoms with Gasteiger partial charge in [0, 0.05) is 17.5 Å². The molecule has 1 saturated carbocycles. The normalized spacial score (nSPS) is 20.7. The molecule has 0 spiro atoms. The van der Waals surface area contributed by atoms with E-state index >= 15 is 0 Å². The molecule has 2 heterocycles. The van der Waals surface area contributed by atoms with E-state index < -0.39 is 5.82 Å². The van der Waals surface area contributed by atoms with Crippen molar-refractivity contribution in [2.45, 2.75) is 25.3 Å². The Labute approximate surface area is 149 Å². The Morgan fingerprint density at radius 1 is 1.38 bits per heavy atom. The minimum atomic E-state index is -0.409. The van der Waals surface area contributed by atoms with Crippen molar-refractivity contribution in [3.8, 4) is 0 Å². The summed E-state index contributed by atoms with van der Waals surface area (Å²) in [6.07, 6.45) is 3.48. The van der Waals surface area contributed by atoms with Crippen LogP contribution in [0.5, 0.6) is 0 Å². The minimum absolute atomic E-state index is 0.104. The molecule has 6 heteroatoms. The predicted octanol–water partition coefficient (Wildman–Crippen LogP) is 4.49. The summed E-state index contributed by atoms with van der Waals surface area (Å²) < 4.78 is 13.1. The Kier molecular flexibility index (Phi) is 4.33. The molecule has 1 aromatic carbocycles. The fourth-order valence-corrected chi connectivity index (χ4v) is 4.63. The predicted molar refractivity (Wildman–Crippen MR) is 95.1 cm³/mol. The molecule has 1 aromatic heterocycles. The fraction of sp³-hybridized carbons (Fsp3) is 0.389. The summed E-state index contributed by atoms with van der Waals surface area (Å²) in [4.78, 5) is 16.2. The highest BCUT2D eigenvalue weighted by atomic mass is 35.5. The molecular formula is C18H18ClFN2OS. The second-order valence-corrected chi connectivity index (χ2v) is 7.88. The van der Waals surface area contributed by atoms with Crippen LogP contribution in [0, 0.1) is 11.7 Å². The molecule has 3 nitrogen and oxygen atoms in total. The van der Waals surface area contributed by atoms with E-state index in [1.54, 1.807) is 0 Å². The number of hydrogen-bond acceptors (Lipinski definition) is 3. The lowest BCUT2D eigenvalue weighted by Gasteiger charge is -2.35. The van der Waals surface area contributed by atoms with Gasteiger partial charge in [-0.1, -0.05) is 11.6 Å². The molecule has 1 aliphatic heterocycles. The van der Waals surface area contributed by atoms with E-state index in [-0.39, 0.29) is 10.9 Å². The SMILES string of the molecule is O=C(CN1CCc2sccc2[C@H]1C1CC1)Nc1ccc(F)cc1Cl. The molecule has 1 N–H and O–H groups in total. The number of carbonyl (C=O) groups is 1. The number of halogens is 2. The maximum Gasteiger partial charge on any atom is 0.238 e. The van der Waals surface area contributed by atoms with Gasteiger partial charge in [-0.3, -0.25) is 9.69 Å². The average Bonchev–Trinajstić information content (AvgIpc) is 3.26. The van der Waals surface area contributed by atoms with E-state index in [9.17, 15) is 9.18 Å². The third-order valence-electron chi connectivity index (χ3n) is 4.74. The van der Waals surface area contributed by atoms with Crippen molar-refractivity contribution in [3.63, 3.8) is 0 Å². The van der Waals surface area contributed by atoms with Gasteiger partial charge < -0.3 is 5.32 Å². The van der Waals surface area contributed by atoms with Crippen LogP contribution in [-0.4, -0.2) is 23.9 Å². The van der Waals surface area contributed by atoms with Gasteiger partial charge >= 0.3 is 0 Å². The van der Waals surface area contributed by atoms with Gasteiger partial charge in [-0.25, -0.2) is 4.39 Å². The van der Waals surface area contributed by atoms with Crippen LogP contribution >= 0.6 is 22.9 Å². The molecular weight excluding hydrogens is 347 g/mol. The van der Waals surface area contributed by atoms with Gasteiger partial charge in [0.1, 0.15) is 5.82 Å². The average molecular weight is 365 g/mol. The minimum Gasteiger partial charge on any atom is -0.324 e. The summed E-state index contributed by atoms with van der Waals surface area (Å²) in [5, 5.41) is 5.18. The number of rotatable bonds is 4. The number of nitrogens with zero attached hydrogens (tertiary/aromatic N) is 1. The van der Waals surface area contributed by atoms with Crippen molar-refractivity contribution in [3.05, 3.63) is 50.9 Å². The highest BCUT2D eigenvalue weighted by Gasteiger charge is 2.40. The molecule has 1 atom stereocenters. The summed E-state index contributed by atoms with van der Waals surface area (Å²) in [7, 11) is 0. The molecule has 0 unspecified atom stereocenters. The van der Waals surface area contributed by atoms with Crippen molar-refractivity contribution in [2.75, 3.05) is 18.4 Å². The van der Waals surface area contributed by atoms with Gasteiger partial charge in [0.25, 0.3) is 0 Å². The van der Waals surface area contributed by atoms with Gasteiger partial charge in [-0.15, -0.1) is 11.3 Å². The van der Waals surface area contributed by atoms with Gasteiger partial charge in [-0.2, -0.15) is 0 Å². The lowest BCUT2D eigenvalue weighted by Crippen LogP contribution is -2.41. The molecule has 0 saturated heterocycles. The summed E-state index contributed by atoms with van der Waals surface area (Å²) in [6.45, 7) is 1.24. The first-order valence-electron chi connectivity index (χ1n) is 8.17. The van der Waals surface area contributed by atoms with Crippen molar-refractivity contribution >= 4 is 34.5 Å². The van der Waals surface area contributed by atoms with Crippen LogP contribution in [0.3, 0.4) is 0 Å². The van der Waals surface area contributed by atoms with Crippen LogP contribution < -0.4 is 5.32 Å².